The molecule has 0 atom stereocenters. The first-order valence-corrected chi connectivity index (χ1v) is 9.42. The van der Waals surface area contributed by atoms with Gasteiger partial charge < -0.3 is 31.1 Å². The summed E-state index contributed by atoms with van der Waals surface area (Å²) in [7, 11) is 1.66. The van der Waals surface area contributed by atoms with Crippen LogP contribution >= 0.6 is 11.8 Å². The van der Waals surface area contributed by atoms with Crippen molar-refractivity contribution in [2.24, 2.45) is 12.8 Å². The standard InChI is InChI=1S/C18H22N4O5S/c1-22-17(14(24)9-20-22)13-8-12(3-4-15(13)27-6-5-19)21-18(26)11(10-23)7-16(25)28-2/h3-4,7-10,23-25H,5-6,19H2,1-2H3,(H,21,26)/b11-10-,16-7-. The number of aliphatic hydroxyl groups excluding tert-OH is 2. The van der Waals surface area contributed by atoms with Gasteiger partial charge in [-0.2, -0.15) is 5.10 Å². The van der Waals surface area contributed by atoms with Crippen LogP contribution in [0, 0.1) is 0 Å². The number of aromatic nitrogens is 2. The highest BCUT2D eigenvalue weighted by Crippen LogP contribution is 2.37. The van der Waals surface area contributed by atoms with Crippen molar-refractivity contribution in [2.45, 2.75) is 0 Å². The number of aliphatic hydroxyl groups is 2. The summed E-state index contributed by atoms with van der Waals surface area (Å²) < 4.78 is 7.11. The van der Waals surface area contributed by atoms with Crippen molar-refractivity contribution >= 4 is 23.4 Å². The molecule has 0 bridgehead atoms. The number of carbonyl (C=O) groups is 1. The Kier molecular flexibility index (Phi) is 7.36. The number of amides is 1. The van der Waals surface area contributed by atoms with E-state index in [0.717, 1.165) is 17.8 Å². The average molecular weight is 406 g/mol. The van der Waals surface area contributed by atoms with Crippen LogP contribution in [-0.2, 0) is 11.8 Å². The maximum Gasteiger partial charge on any atom is 0.258 e. The number of benzene rings is 1. The fraction of sp³-hybridized carbons (Fsp3) is 0.222. The number of nitrogens with zero attached hydrogens (tertiary/aromatic N) is 2. The monoisotopic (exact) mass is 406 g/mol. The van der Waals surface area contributed by atoms with Crippen molar-refractivity contribution in [2.75, 3.05) is 24.7 Å². The minimum absolute atomic E-state index is 0.0488. The van der Waals surface area contributed by atoms with Gasteiger partial charge in [-0.1, -0.05) is 11.8 Å². The number of nitrogens with one attached hydrogen (secondary N) is 1. The van der Waals surface area contributed by atoms with Gasteiger partial charge >= 0.3 is 0 Å². The van der Waals surface area contributed by atoms with Gasteiger partial charge in [-0.3, -0.25) is 9.48 Å². The van der Waals surface area contributed by atoms with E-state index >= 15 is 0 Å². The number of carbonyl (C=O) groups excluding carboxylic acids is 1. The molecular formula is C18H22N4O5S. The van der Waals surface area contributed by atoms with Gasteiger partial charge in [0.05, 0.1) is 18.0 Å². The zero-order valence-electron chi connectivity index (χ0n) is 15.4. The molecule has 2 aromatic rings. The van der Waals surface area contributed by atoms with Crippen molar-refractivity contribution in [3.05, 3.63) is 47.4 Å². The molecule has 0 unspecified atom stereocenters. The molecule has 1 aromatic heterocycles. The molecule has 1 heterocycles. The Bertz CT molecular complexity index is 888. The van der Waals surface area contributed by atoms with E-state index in [-0.39, 0.29) is 23.0 Å². The first-order valence-electron chi connectivity index (χ1n) is 8.19. The van der Waals surface area contributed by atoms with E-state index in [2.05, 4.69) is 10.4 Å². The maximum absolute atomic E-state index is 12.4. The van der Waals surface area contributed by atoms with Gasteiger partial charge in [0.1, 0.15) is 18.1 Å². The molecule has 150 valence electrons. The van der Waals surface area contributed by atoms with E-state index in [1.807, 2.05) is 0 Å². The summed E-state index contributed by atoms with van der Waals surface area (Å²) in [6.07, 6.45) is 4.68. The van der Waals surface area contributed by atoms with Crippen LogP contribution in [0.15, 0.2) is 47.4 Å². The quantitative estimate of drug-likeness (QED) is 0.255. The fourth-order valence-electron chi connectivity index (χ4n) is 2.38. The van der Waals surface area contributed by atoms with Crippen LogP contribution in [0.25, 0.3) is 11.3 Å². The van der Waals surface area contributed by atoms with E-state index in [1.54, 1.807) is 31.5 Å². The van der Waals surface area contributed by atoms with Crippen molar-refractivity contribution in [3.63, 3.8) is 0 Å². The third-order valence-corrected chi connectivity index (χ3v) is 4.21. The SMILES string of the molecule is CS/C(O)=C\C(=C\O)C(=O)Nc1ccc(OCCN)c(-c2c(O)cnn2C)c1. The highest BCUT2D eigenvalue weighted by molar-refractivity contribution is 8.02. The lowest BCUT2D eigenvalue weighted by atomic mass is 10.1. The third-order valence-electron chi connectivity index (χ3n) is 3.68. The molecule has 0 saturated carbocycles. The number of ether oxygens (including phenoxy) is 1. The number of thioether (sulfide) groups is 1. The van der Waals surface area contributed by atoms with E-state index < -0.39 is 5.91 Å². The molecule has 28 heavy (non-hydrogen) atoms. The van der Waals surface area contributed by atoms with Gasteiger partial charge in [-0.05, 0) is 24.5 Å². The molecule has 10 heteroatoms. The largest absolute Gasteiger partial charge is 0.515 e. The predicted molar refractivity (Wildman–Crippen MR) is 108 cm³/mol. The summed E-state index contributed by atoms with van der Waals surface area (Å²) >= 11 is 1.03. The minimum Gasteiger partial charge on any atom is -0.515 e. The van der Waals surface area contributed by atoms with Crippen LogP contribution in [0.2, 0.25) is 0 Å². The van der Waals surface area contributed by atoms with E-state index in [4.69, 9.17) is 10.5 Å². The predicted octanol–water partition coefficient (Wildman–Crippen LogP) is 2.27. The van der Waals surface area contributed by atoms with Crippen molar-refractivity contribution in [1.29, 1.82) is 0 Å². The van der Waals surface area contributed by atoms with Crippen LogP contribution in [0.3, 0.4) is 0 Å². The normalized spacial score (nSPS) is 12.1. The number of aryl methyl sites for hydroxylation is 1. The zero-order chi connectivity index (χ0) is 20.7. The molecule has 0 fully saturated rings. The van der Waals surface area contributed by atoms with Crippen LogP contribution in [0.4, 0.5) is 5.69 Å². The lowest BCUT2D eigenvalue weighted by Crippen LogP contribution is -2.14. The smallest absolute Gasteiger partial charge is 0.258 e. The van der Waals surface area contributed by atoms with Gasteiger partial charge in [0, 0.05) is 30.9 Å². The second-order valence-electron chi connectivity index (χ2n) is 5.58. The second-order valence-corrected chi connectivity index (χ2v) is 6.40. The van der Waals surface area contributed by atoms with Crippen LogP contribution in [0.1, 0.15) is 0 Å². The maximum atomic E-state index is 12.4. The lowest BCUT2D eigenvalue weighted by molar-refractivity contribution is -0.112. The molecule has 0 radical (unpaired) electrons. The molecule has 0 spiro atoms. The number of hydrogen-bond acceptors (Lipinski definition) is 8. The Balaban J connectivity index is 2.39. The van der Waals surface area contributed by atoms with E-state index in [0.29, 0.717) is 35.5 Å². The Morgan fingerprint density at radius 2 is 2.21 bits per heavy atom. The number of anilines is 1. The molecule has 0 aliphatic heterocycles. The van der Waals surface area contributed by atoms with Gasteiger partial charge in [0.25, 0.3) is 5.91 Å². The average Bonchev–Trinajstić information content (AvgIpc) is 3.02. The zero-order valence-corrected chi connectivity index (χ0v) is 16.2. The highest BCUT2D eigenvalue weighted by atomic mass is 32.2. The van der Waals surface area contributed by atoms with Gasteiger partial charge in [-0.15, -0.1) is 0 Å². The minimum atomic E-state index is -0.626. The van der Waals surface area contributed by atoms with Crippen molar-refractivity contribution in [1.82, 2.24) is 9.78 Å². The van der Waals surface area contributed by atoms with Crippen LogP contribution < -0.4 is 15.8 Å². The van der Waals surface area contributed by atoms with Gasteiger partial charge in [0.2, 0.25) is 0 Å². The Labute approximate surface area is 166 Å². The summed E-state index contributed by atoms with van der Waals surface area (Å²) in [4.78, 5) is 12.4. The Morgan fingerprint density at radius 1 is 1.46 bits per heavy atom. The molecule has 0 aliphatic carbocycles. The summed E-state index contributed by atoms with van der Waals surface area (Å²) in [5.41, 5.74) is 6.66. The first-order chi connectivity index (χ1) is 13.4. The number of rotatable bonds is 8. The Morgan fingerprint density at radius 3 is 2.79 bits per heavy atom. The van der Waals surface area contributed by atoms with Crippen molar-refractivity contribution < 1.29 is 24.9 Å². The van der Waals surface area contributed by atoms with Crippen LogP contribution in [-0.4, -0.2) is 50.4 Å². The molecular weight excluding hydrogens is 384 g/mol. The molecule has 9 nitrogen and oxygen atoms in total. The fourth-order valence-corrected chi connectivity index (χ4v) is 2.63. The highest BCUT2D eigenvalue weighted by Gasteiger charge is 2.17. The molecule has 2 rings (SSSR count). The molecule has 6 N–H and O–H groups in total. The topological polar surface area (TPSA) is 143 Å². The summed E-state index contributed by atoms with van der Waals surface area (Å²) in [6, 6.07) is 4.84. The molecule has 0 saturated heterocycles. The molecule has 0 aliphatic rings. The summed E-state index contributed by atoms with van der Waals surface area (Å²) in [5.74, 6) is -0.216. The molecule has 1 aromatic carbocycles. The second kappa shape index (κ2) is 9.72. The number of aromatic hydroxyl groups is 1. The van der Waals surface area contributed by atoms with Gasteiger partial charge in [0.15, 0.2) is 10.8 Å². The van der Waals surface area contributed by atoms with Crippen molar-refractivity contribution in [3.8, 4) is 22.8 Å². The van der Waals surface area contributed by atoms with Crippen LogP contribution in [0.5, 0.6) is 11.5 Å². The third kappa shape index (κ3) is 4.99. The Hall–Kier alpha value is -3.11. The molecule has 1 amide bonds. The van der Waals surface area contributed by atoms with E-state index in [1.165, 1.54) is 10.9 Å². The van der Waals surface area contributed by atoms with Gasteiger partial charge in [-0.25, -0.2) is 0 Å². The first kappa shape index (κ1) is 21.2. The number of hydrogen-bond donors (Lipinski definition) is 5. The number of nitrogens with two attached hydrogens (primary N) is 1. The summed E-state index contributed by atoms with van der Waals surface area (Å²) in [6.45, 7) is 0.582. The van der Waals surface area contributed by atoms with E-state index in [9.17, 15) is 20.1 Å². The summed E-state index contributed by atoms with van der Waals surface area (Å²) in [5, 5.41) is 35.5. The lowest BCUT2D eigenvalue weighted by Gasteiger charge is -2.14.